The Morgan fingerprint density at radius 3 is 2.69 bits per heavy atom. The van der Waals surface area contributed by atoms with Crippen LogP contribution in [-0.4, -0.2) is 59.3 Å². The summed E-state index contributed by atoms with van der Waals surface area (Å²) in [4.78, 5) is 30.2. The SMILES string of the molecule is COC1=CC(c2[nH]c(-c3cc(C(=O)N(C)C)ccc3F)nc2-c2ccncc2)CN=C1N. The molecule has 0 spiro atoms. The molecule has 4 rings (SSSR count). The number of carbonyl (C=O) groups is 1. The number of imidazole rings is 1. The highest BCUT2D eigenvalue weighted by molar-refractivity contribution is 5.96. The monoisotopic (exact) mass is 434 g/mol. The number of benzene rings is 1. The van der Waals surface area contributed by atoms with Crippen LogP contribution in [0.5, 0.6) is 0 Å². The fraction of sp³-hybridized carbons (Fsp3) is 0.217. The zero-order valence-corrected chi connectivity index (χ0v) is 18.0. The Morgan fingerprint density at radius 1 is 1.25 bits per heavy atom. The Balaban J connectivity index is 1.85. The van der Waals surface area contributed by atoms with Crippen LogP contribution in [-0.2, 0) is 4.74 Å². The molecule has 32 heavy (non-hydrogen) atoms. The normalized spacial score (nSPS) is 15.7. The number of methoxy groups -OCH3 is 1. The molecule has 1 aromatic carbocycles. The predicted molar refractivity (Wildman–Crippen MR) is 120 cm³/mol. The molecule has 1 aliphatic rings. The van der Waals surface area contributed by atoms with Crippen molar-refractivity contribution in [1.82, 2.24) is 19.9 Å². The fourth-order valence-corrected chi connectivity index (χ4v) is 3.55. The molecule has 1 aliphatic heterocycles. The Labute approximate surface area is 184 Å². The molecule has 3 N–H and O–H groups in total. The number of hydrogen-bond donors (Lipinski definition) is 2. The number of nitrogens with two attached hydrogens (primary N) is 1. The number of aromatic amines is 1. The van der Waals surface area contributed by atoms with Crippen LogP contribution in [0, 0.1) is 5.82 Å². The number of dihydropyridines is 1. The van der Waals surface area contributed by atoms with E-state index in [0.717, 1.165) is 11.3 Å². The first-order valence-electron chi connectivity index (χ1n) is 9.97. The summed E-state index contributed by atoms with van der Waals surface area (Å²) in [5.41, 5.74) is 8.66. The first-order chi connectivity index (χ1) is 15.4. The van der Waals surface area contributed by atoms with Crippen molar-refractivity contribution in [2.24, 2.45) is 10.7 Å². The van der Waals surface area contributed by atoms with Crippen molar-refractivity contribution in [1.29, 1.82) is 0 Å². The molecule has 3 heterocycles. The summed E-state index contributed by atoms with van der Waals surface area (Å²) in [6, 6.07) is 7.89. The molecule has 2 aromatic heterocycles. The molecule has 0 aliphatic carbocycles. The van der Waals surface area contributed by atoms with Crippen molar-refractivity contribution >= 4 is 11.7 Å². The molecule has 1 amide bonds. The fourth-order valence-electron chi connectivity index (χ4n) is 3.55. The van der Waals surface area contributed by atoms with E-state index in [2.05, 4.69) is 15.0 Å². The molecule has 0 saturated heterocycles. The quantitative estimate of drug-likeness (QED) is 0.642. The minimum Gasteiger partial charge on any atom is -0.493 e. The Bertz CT molecular complexity index is 1220. The van der Waals surface area contributed by atoms with Crippen LogP contribution in [0.15, 0.2) is 59.6 Å². The van der Waals surface area contributed by atoms with Gasteiger partial charge in [-0.1, -0.05) is 0 Å². The molecule has 0 saturated carbocycles. The summed E-state index contributed by atoms with van der Waals surface area (Å²) < 4.78 is 20.1. The van der Waals surface area contributed by atoms with Gasteiger partial charge in [-0.05, 0) is 36.4 Å². The van der Waals surface area contributed by atoms with Gasteiger partial charge < -0.3 is 20.4 Å². The number of hydrogen-bond acceptors (Lipinski definition) is 6. The van der Waals surface area contributed by atoms with Crippen molar-refractivity contribution in [3.63, 3.8) is 0 Å². The van der Waals surface area contributed by atoms with Gasteiger partial charge in [-0.15, -0.1) is 0 Å². The number of rotatable bonds is 5. The van der Waals surface area contributed by atoms with Gasteiger partial charge in [-0.2, -0.15) is 0 Å². The summed E-state index contributed by atoms with van der Waals surface area (Å²) in [6.45, 7) is 0.389. The highest BCUT2D eigenvalue weighted by Gasteiger charge is 2.25. The summed E-state index contributed by atoms with van der Waals surface area (Å²) in [6.07, 6.45) is 5.20. The molecule has 0 fully saturated rings. The van der Waals surface area contributed by atoms with E-state index >= 15 is 0 Å². The van der Waals surface area contributed by atoms with E-state index in [0.29, 0.717) is 35.2 Å². The van der Waals surface area contributed by atoms with Crippen molar-refractivity contribution in [2.45, 2.75) is 5.92 Å². The number of aliphatic imine (C=N–C) groups is 1. The van der Waals surface area contributed by atoms with Crippen LogP contribution in [0.4, 0.5) is 4.39 Å². The maximum absolute atomic E-state index is 14.8. The number of nitrogens with zero attached hydrogens (tertiary/aromatic N) is 4. The van der Waals surface area contributed by atoms with Crippen molar-refractivity contribution in [2.75, 3.05) is 27.7 Å². The number of pyridine rings is 1. The number of carbonyl (C=O) groups excluding carboxylic acids is 1. The third kappa shape index (κ3) is 3.96. The maximum atomic E-state index is 14.8. The van der Waals surface area contributed by atoms with Crippen LogP contribution in [0.3, 0.4) is 0 Å². The topological polar surface area (TPSA) is 109 Å². The highest BCUT2D eigenvalue weighted by Crippen LogP contribution is 2.34. The summed E-state index contributed by atoms with van der Waals surface area (Å²) in [5.74, 6) is 0.194. The number of halogens is 1. The van der Waals surface area contributed by atoms with Crippen LogP contribution in [0.2, 0.25) is 0 Å². The minimum absolute atomic E-state index is 0.203. The number of ether oxygens (including phenoxy) is 1. The third-order valence-electron chi connectivity index (χ3n) is 5.21. The second-order valence-electron chi connectivity index (χ2n) is 7.55. The van der Waals surface area contributed by atoms with E-state index < -0.39 is 5.82 Å². The second kappa shape index (κ2) is 8.62. The molecule has 164 valence electrons. The van der Waals surface area contributed by atoms with E-state index in [1.165, 1.54) is 30.2 Å². The lowest BCUT2D eigenvalue weighted by Gasteiger charge is -2.18. The number of amidine groups is 1. The number of aromatic nitrogens is 3. The van der Waals surface area contributed by atoms with Crippen LogP contribution >= 0.6 is 0 Å². The molecule has 0 bridgehead atoms. The third-order valence-corrected chi connectivity index (χ3v) is 5.21. The number of nitrogens with one attached hydrogen (secondary N) is 1. The van der Waals surface area contributed by atoms with E-state index in [-0.39, 0.29) is 17.4 Å². The largest absolute Gasteiger partial charge is 0.493 e. The van der Waals surface area contributed by atoms with Crippen molar-refractivity contribution < 1.29 is 13.9 Å². The van der Waals surface area contributed by atoms with Crippen LogP contribution in [0.25, 0.3) is 22.6 Å². The van der Waals surface area contributed by atoms with Crippen LogP contribution in [0.1, 0.15) is 22.0 Å². The van der Waals surface area contributed by atoms with Gasteiger partial charge in [0.05, 0.1) is 30.6 Å². The van der Waals surface area contributed by atoms with Gasteiger partial charge in [0.25, 0.3) is 5.91 Å². The zero-order chi connectivity index (χ0) is 22.8. The van der Waals surface area contributed by atoms with E-state index in [4.69, 9.17) is 15.5 Å². The van der Waals surface area contributed by atoms with Gasteiger partial charge >= 0.3 is 0 Å². The summed E-state index contributed by atoms with van der Waals surface area (Å²) >= 11 is 0. The lowest BCUT2D eigenvalue weighted by molar-refractivity contribution is 0.0827. The molecule has 3 aromatic rings. The number of H-pyrrole nitrogens is 1. The Kier molecular flexibility index (Phi) is 5.72. The van der Waals surface area contributed by atoms with E-state index in [9.17, 15) is 9.18 Å². The van der Waals surface area contributed by atoms with Gasteiger partial charge in [0, 0.05) is 43.5 Å². The predicted octanol–water partition coefficient (Wildman–Crippen LogP) is 2.96. The molecule has 1 atom stereocenters. The summed E-state index contributed by atoms with van der Waals surface area (Å²) in [5, 5.41) is 0. The van der Waals surface area contributed by atoms with Crippen molar-refractivity contribution in [3.8, 4) is 22.6 Å². The first-order valence-corrected chi connectivity index (χ1v) is 9.97. The standard InChI is InChI=1S/C23H23FN6O2/c1-30(2)23(31)14-4-5-17(24)16(10-14)22-28-19(13-6-8-26-9-7-13)20(29-22)15-11-18(32-3)21(25)27-12-15/h4-11,15H,12H2,1-3H3,(H2,25,27)(H,28,29). The average Bonchev–Trinajstić information content (AvgIpc) is 3.25. The van der Waals surface area contributed by atoms with Gasteiger partial charge in [0.1, 0.15) is 11.6 Å². The highest BCUT2D eigenvalue weighted by atomic mass is 19.1. The zero-order valence-electron chi connectivity index (χ0n) is 18.0. The van der Waals surface area contributed by atoms with Gasteiger partial charge in [-0.25, -0.2) is 9.37 Å². The van der Waals surface area contributed by atoms with E-state index in [1.54, 1.807) is 26.5 Å². The average molecular weight is 434 g/mol. The molecular formula is C23H23FN6O2. The van der Waals surface area contributed by atoms with E-state index in [1.807, 2.05) is 18.2 Å². The summed E-state index contributed by atoms with van der Waals surface area (Å²) in [7, 11) is 4.82. The Hall–Kier alpha value is -4.01. The molecule has 9 heteroatoms. The van der Waals surface area contributed by atoms with Crippen LogP contribution < -0.4 is 5.73 Å². The smallest absolute Gasteiger partial charge is 0.253 e. The molecule has 8 nitrogen and oxygen atoms in total. The number of amides is 1. The van der Waals surface area contributed by atoms with Gasteiger partial charge in [-0.3, -0.25) is 14.8 Å². The maximum Gasteiger partial charge on any atom is 0.253 e. The van der Waals surface area contributed by atoms with Gasteiger partial charge in [0.15, 0.2) is 11.6 Å². The molecule has 1 unspecified atom stereocenters. The lowest BCUT2D eigenvalue weighted by atomic mass is 9.98. The molecule has 0 radical (unpaired) electrons. The molecular weight excluding hydrogens is 411 g/mol. The first kappa shape index (κ1) is 21.2. The lowest BCUT2D eigenvalue weighted by Crippen LogP contribution is -2.23. The van der Waals surface area contributed by atoms with Gasteiger partial charge in [0.2, 0.25) is 0 Å². The Morgan fingerprint density at radius 2 is 2.00 bits per heavy atom. The van der Waals surface area contributed by atoms with Crippen molar-refractivity contribution in [3.05, 3.63) is 71.6 Å². The minimum atomic E-state index is -0.485. The second-order valence-corrected chi connectivity index (χ2v) is 7.55.